The van der Waals surface area contributed by atoms with Crippen LogP contribution in [0, 0.1) is 10.1 Å². The normalized spacial score (nSPS) is 10.2. The Labute approximate surface area is 132 Å². The van der Waals surface area contributed by atoms with Crippen LogP contribution in [0.4, 0.5) is 5.69 Å². The summed E-state index contributed by atoms with van der Waals surface area (Å²) in [5, 5.41) is 16.7. The smallest absolute Gasteiger partial charge is 0.283 e. The van der Waals surface area contributed by atoms with Gasteiger partial charge in [-0.15, -0.1) is 11.8 Å². The quantitative estimate of drug-likeness (QED) is 0.263. The second-order valence-electron chi connectivity index (χ2n) is 4.40. The Balaban J connectivity index is 2.63. The number of nitrogens with one attached hydrogen (secondary N) is 2. The molecule has 2 amide bonds. The molecule has 0 aliphatic rings. The molecule has 0 radical (unpaired) electrons. The van der Waals surface area contributed by atoms with Crippen LogP contribution in [-0.2, 0) is 4.79 Å². The van der Waals surface area contributed by atoms with Gasteiger partial charge in [0.05, 0.1) is 15.6 Å². The SMILES string of the molecule is CNCCCNC(=O)CSc1ccc(C(N)=O)cc1[N+](=O)[O-]. The molecule has 0 bridgehead atoms. The number of amides is 2. The number of hydrogen-bond donors (Lipinski definition) is 3. The second kappa shape index (κ2) is 9.00. The standard InChI is InChI=1S/C13H18N4O4S/c1-15-5-2-6-16-12(18)8-22-11-4-3-9(13(14)19)7-10(11)17(20)21/h3-4,7,15H,2,5-6,8H2,1H3,(H2,14,19)(H,16,18). The summed E-state index contributed by atoms with van der Waals surface area (Å²) in [6.07, 6.45) is 0.806. The Kier molecular flexibility index (Phi) is 7.33. The minimum Gasteiger partial charge on any atom is -0.366 e. The topological polar surface area (TPSA) is 127 Å². The van der Waals surface area contributed by atoms with E-state index in [4.69, 9.17) is 5.73 Å². The third-order valence-corrected chi connectivity index (χ3v) is 3.79. The lowest BCUT2D eigenvalue weighted by molar-refractivity contribution is -0.387. The number of primary amides is 1. The van der Waals surface area contributed by atoms with Gasteiger partial charge in [0, 0.05) is 18.2 Å². The average Bonchev–Trinajstić information content (AvgIpc) is 2.49. The molecule has 0 fully saturated rings. The minimum atomic E-state index is -0.734. The lowest BCUT2D eigenvalue weighted by Gasteiger charge is -2.06. The Morgan fingerprint density at radius 1 is 1.36 bits per heavy atom. The highest BCUT2D eigenvalue weighted by molar-refractivity contribution is 8.00. The van der Waals surface area contributed by atoms with Gasteiger partial charge in [-0.05, 0) is 32.1 Å². The zero-order valence-electron chi connectivity index (χ0n) is 12.1. The molecule has 0 aliphatic carbocycles. The summed E-state index contributed by atoms with van der Waals surface area (Å²) in [5.41, 5.74) is 4.93. The summed E-state index contributed by atoms with van der Waals surface area (Å²) in [4.78, 5) is 33.4. The molecule has 4 N–H and O–H groups in total. The lowest BCUT2D eigenvalue weighted by atomic mass is 10.2. The molecule has 0 spiro atoms. The number of hydrogen-bond acceptors (Lipinski definition) is 6. The number of benzene rings is 1. The number of nitro groups is 1. The van der Waals surface area contributed by atoms with Crippen molar-refractivity contribution < 1.29 is 14.5 Å². The van der Waals surface area contributed by atoms with Crippen molar-refractivity contribution in [3.63, 3.8) is 0 Å². The third-order valence-electron chi connectivity index (χ3n) is 2.72. The van der Waals surface area contributed by atoms with Gasteiger partial charge in [0.25, 0.3) is 5.69 Å². The summed E-state index contributed by atoms with van der Waals surface area (Å²) >= 11 is 1.05. The predicted octanol–water partition coefficient (Wildman–Crippen LogP) is 0.512. The van der Waals surface area contributed by atoms with Crippen molar-refractivity contribution in [1.29, 1.82) is 0 Å². The van der Waals surface area contributed by atoms with Gasteiger partial charge in [-0.3, -0.25) is 19.7 Å². The molecule has 1 aromatic carbocycles. The van der Waals surface area contributed by atoms with Gasteiger partial charge in [0.15, 0.2) is 0 Å². The van der Waals surface area contributed by atoms with E-state index in [1.807, 2.05) is 7.05 Å². The van der Waals surface area contributed by atoms with E-state index in [9.17, 15) is 19.7 Å². The Morgan fingerprint density at radius 2 is 2.09 bits per heavy atom. The van der Waals surface area contributed by atoms with E-state index in [1.165, 1.54) is 12.1 Å². The Morgan fingerprint density at radius 3 is 2.68 bits per heavy atom. The first kappa shape index (κ1) is 17.9. The molecule has 0 atom stereocenters. The van der Waals surface area contributed by atoms with Crippen molar-refractivity contribution in [3.05, 3.63) is 33.9 Å². The molecule has 120 valence electrons. The van der Waals surface area contributed by atoms with Crippen LogP contribution < -0.4 is 16.4 Å². The average molecular weight is 326 g/mol. The molecule has 1 aromatic rings. The number of nitro benzene ring substituents is 1. The maximum absolute atomic E-state index is 11.6. The second-order valence-corrected chi connectivity index (χ2v) is 5.42. The zero-order chi connectivity index (χ0) is 16.5. The molecule has 0 heterocycles. The summed E-state index contributed by atoms with van der Waals surface area (Å²) in [7, 11) is 1.83. The first-order chi connectivity index (χ1) is 10.5. The van der Waals surface area contributed by atoms with Crippen LogP contribution in [-0.4, -0.2) is 42.6 Å². The summed E-state index contributed by atoms with van der Waals surface area (Å²) in [6.45, 7) is 1.34. The lowest BCUT2D eigenvalue weighted by Crippen LogP contribution is -2.28. The highest BCUT2D eigenvalue weighted by Crippen LogP contribution is 2.29. The molecule has 0 aromatic heterocycles. The summed E-state index contributed by atoms with van der Waals surface area (Å²) in [5.74, 6) is -0.868. The van der Waals surface area contributed by atoms with Crippen LogP contribution in [0.3, 0.4) is 0 Å². The predicted molar refractivity (Wildman–Crippen MR) is 83.9 cm³/mol. The van der Waals surface area contributed by atoms with Crippen LogP contribution in [0.15, 0.2) is 23.1 Å². The molecular weight excluding hydrogens is 308 g/mol. The maximum atomic E-state index is 11.6. The molecular formula is C13H18N4O4S. The van der Waals surface area contributed by atoms with Crippen LogP contribution in [0.2, 0.25) is 0 Å². The minimum absolute atomic E-state index is 0.0626. The van der Waals surface area contributed by atoms with Crippen molar-refractivity contribution in [2.45, 2.75) is 11.3 Å². The summed E-state index contributed by atoms with van der Waals surface area (Å²) in [6, 6.07) is 3.95. The Hall–Kier alpha value is -2.13. The molecule has 9 heteroatoms. The van der Waals surface area contributed by atoms with Gasteiger partial charge >= 0.3 is 0 Å². The number of carbonyl (C=O) groups excluding carboxylic acids is 2. The number of rotatable bonds is 9. The highest BCUT2D eigenvalue weighted by Gasteiger charge is 2.17. The Bertz CT molecular complexity index is 565. The van der Waals surface area contributed by atoms with Gasteiger partial charge in [0.1, 0.15) is 0 Å². The van der Waals surface area contributed by atoms with Gasteiger partial charge in [0.2, 0.25) is 11.8 Å². The highest BCUT2D eigenvalue weighted by atomic mass is 32.2. The van der Waals surface area contributed by atoms with Crippen LogP contribution >= 0.6 is 11.8 Å². The van der Waals surface area contributed by atoms with E-state index in [2.05, 4.69) is 10.6 Å². The monoisotopic (exact) mass is 326 g/mol. The van der Waals surface area contributed by atoms with E-state index < -0.39 is 10.8 Å². The van der Waals surface area contributed by atoms with Crippen LogP contribution in [0.25, 0.3) is 0 Å². The first-order valence-corrected chi connectivity index (χ1v) is 7.56. The van der Waals surface area contributed by atoms with E-state index in [0.29, 0.717) is 11.4 Å². The van der Waals surface area contributed by atoms with E-state index in [1.54, 1.807) is 0 Å². The molecule has 1 rings (SSSR count). The molecule has 8 nitrogen and oxygen atoms in total. The van der Waals surface area contributed by atoms with Crippen LogP contribution in [0.1, 0.15) is 16.8 Å². The number of nitrogens with zero attached hydrogens (tertiary/aromatic N) is 1. The fourth-order valence-electron chi connectivity index (χ4n) is 1.62. The molecule has 22 heavy (non-hydrogen) atoms. The van der Waals surface area contributed by atoms with Gasteiger partial charge in [-0.1, -0.05) is 0 Å². The van der Waals surface area contributed by atoms with E-state index in [0.717, 1.165) is 30.8 Å². The van der Waals surface area contributed by atoms with Crippen LogP contribution in [0.5, 0.6) is 0 Å². The third kappa shape index (κ3) is 5.70. The molecule has 0 saturated heterocycles. The maximum Gasteiger partial charge on any atom is 0.283 e. The largest absolute Gasteiger partial charge is 0.366 e. The fraction of sp³-hybridized carbons (Fsp3) is 0.385. The van der Waals surface area contributed by atoms with Crippen molar-refractivity contribution in [1.82, 2.24) is 10.6 Å². The number of thioether (sulfide) groups is 1. The molecule has 0 unspecified atom stereocenters. The van der Waals surface area contributed by atoms with E-state index >= 15 is 0 Å². The van der Waals surface area contributed by atoms with Crippen molar-refractivity contribution in [3.8, 4) is 0 Å². The molecule has 0 saturated carbocycles. The number of carbonyl (C=O) groups is 2. The van der Waals surface area contributed by atoms with E-state index in [-0.39, 0.29) is 22.9 Å². The molecule has 0 aliphatic heterocycles. The summed E-state index contributed by atoms with van der Waals surface area (Å²) < 4.78 is 0. The fourth-order valence-corrected chi connectivity index (χ4v) is 2.46. The van der Waals surface area contributed by atoms with Gasteiger partial charge in [-0.2, -0.15) is 0 Å². The van der Waals surface area contributed by atoms with Gasteiger partial charge in [-0.25, -0.2) is 0 Å². The van der Waals surface area contributed by atoms with Crippen molar-refractivity contribution >= 4 is 29.3 Å². The number of nitrogens with two attached hydrogens (primary N) is 1. The van der Waals surface area contributed by atoms with Gasteiger partial charge < -0.3 is 16.4 Å². The van der Waals surface area contributed by atoms with Crippen molar-refractivity contribution in [2.24, 2.45) is 5.73 Å². The first-order valence-electron chi connectivity index (χ1n) is 6.58. The zero-order valence-corrected chi connectivity index (χ0v) is 12.9. The van der Waals surface area contributed by atoms with Crippen molar-refractivity contribution in [2.75, 3.05) is 25.9 Å².